The van der Waals surface area contributed by atoms with E-state index in [4.69, 9.17) is 20.8 Å². The number of hydrogen-bond acceptors (Lipinski definition) is 4. The van der Waals surface area contributed by atoms with Crippen LogP contribution in [0.2, 0.25) is 10.2 Å². The summed E-state index contributed by atoms with van der Waals surface area (Å²) in [6, 6.07) is 34.6. The minimum atomic E-state index is -2.76. The van der Waals surface area contributed by atoms with Crippen LogP contribution in [0.5, 0.6) is 0 Å². The Bertz CT molecular complexity index is 1370. The van der Waals surface area contributed by atoms with Crippen molar-refractivity contribution in [1.29, 1.82) is 0 Å². The third-order valence-corrected chi connectivity index (χ3v) is 13.2. The summed E-state index contributed by atoms with van der Waals surface area (Å²) < 4.78 is 13.2. The first-order valence-corrected chi connectivity index (χ1v) is 16.4. The molecule has 0 N–H and O–H groups in total. The van der Waals surface area contributed by atoms with Crippen molar-refractivity contribution in [2.75, 3.05) is 6.54 Å². The zero-order valence-electron chi connectivity index (χ0n) is 23.9. The Morgan fingerprint density at radius 2 is 1.49 bits per heavy atom. The van der Waals surface area contributed by atoms with E-state index in [1.54, 1.807) is 12.3 Å². The molecule has 5 nitrogen and oxygen atoms in total. The predicted octanol–water partition coefficient (Wildman–Crippen LogP) is 7.15. The fraction of sp³-hybridized carbons (Fsp3) is 0.294. The normalized spacial score (nSPS) is 17.7. The van der Waals surface area contributed by atoms with Crippen LogP contribution < -0.4 is 10.4 Å². The number of nitrogens with zero attached hydrogens (tertiary/aromatic N) is 2. The number of halogens is 1. The summed E-state index contributed by atoms with van der Waals surface area (Å²) in [7, 11) is -2.76. The number of aromatic nitrogens is 1. The molecule has 212 valence electrons. The maximum atomic E-state index is 13.4. The number of hydrogen-bond donors (Lipinski definition) is 0. The molecule has 5 rings (SSSR count). The molecular formula is C34H37ClN2O3Si. The largest absolute Gasteiger partial charge is 0.445 e. The second-order valence-electron chi connectivity index (χ2n) is 11.6. The highest BCUT2D eigenvalue weighted by Crippen LogP contribution is 2.41. The van der Waals surface area contributed by atoms with Crippen LogP contribution >= 0.6 is 11.6 Å². The molecule has 0 saturated carbocycles. The predicted molar refractivity (Wildman–Crippen MR) is 167 cm³/mol. The number of carbonyl (C=O) groups is 1. The SMILES string of the molecule is CC(C)(C)[Si](OC1CCN(C(=O)OCc2ccccc2)C(c2ccc(Cl)nc2)C1)(c1ccccc1)c1ccccc1. The van der Waals surface area contributed by atoms with Crippen LogP contribution in [0.3, 0.4) is 0 Å². The molecule has 0 bridgehead atoms. The summed E-state index contributed by atoms with van der Waals surface area (Å²) in [5.41, 5.74) is 1.87. The molecule has 1 aromatic heterocycles. The molecule has 2 heterocycles. The fourth-order valence-electron chi connectivity index (χ4n) is 5.90. The molecule has 2 unspecified atom stereocenters. The van der Waals surface area contributed by atoms with E-state index in [9.17, 15) is 4.79 Å². The monoisotopic (exact) mass is 584 g/mol. The molecule has 0 spiro atoms. The van der Waals surface area contributed by atoms with Crippen molar-refractivity contribution < 1.29 is 14.0 Å². The van der Waals surface area contributed by atoms with E-state index >= 15 is 0 Å². The molecule has 2 atom stereocenters. The lowest BCUT2D eigenvalue weighted by Gasteiger charge is -2.48. The van der Waals surface area contributed by atoms with E-state index in [1.165, 1.54) is 10.4 Å². The van der Waals surface area contributed by atoms with Gasteiger partial charge in [0.2, 0.25) is 0 Å². The summed E-state index contributed by atoms with van der Waals surface area (Å²) in [6.07, 6.45) is 2.70. The van der Waals surface area contributed by atoms with Gasteiger partial charge in [0.15, 0.2) is 0 Å². The Hall–Kier alpha value is -3.45. The second-order valence-corrected chi connectivity index (χ2v) is 16.2. The Labute approximate surface area is 249 Å². The molecule has 41 heavy (non-hydrogen) atoms. The van der Waals surface area contributed by atoms with Gasteiger partial charge in [-0.05, 0) is 45.4 Å². The molecule has 0 aliphatic carbocycles. The first-order chi connectivity index (χ1) is 19.8. The Morgan fingerprint density at radius 1 is 0.902 bits per heavy atom. The van der Waals surface area contributed by atoms with Gasteiger partial charge in [-0.2, -0.15) is 0 Å². The standard InChI is InChI=1S/C34H37ClN2O3Si/c1-34(2,3)41(29-15-9-5-10-16-29,30-17-11-6-12-18-30)40-28-21-22-37(31(23-28)27-19-20-32(35)36-24-27)33(38)39-25-26-13-7-4-8-14-26/h4-20,24,28,31H,21-23,25H2,1-3H3. The van der Waals surface area contributed by atoms with Gasteiger partial charge in [0.05, 0.1) is 6.04 Å². The number of likely N-dealkylation sites (tertiary alicyclic amines) is 1. The Balaban J connectivity index is 1.47. The van der Waals surface area contributed by atoms with Crippen LogP contribution in [0.4, 0.5) is 4.79 Å². The van der Waals surface area contributed by atoms with Crippen LogP contribution in [0.1, 0.15) is 50.8 Å². The van der Waals surface area contributed by atoms with Crippen LogP contribution in [-0.4, -0.2) is 36.9 Å². The summed E-state index contributed by atoms with van der Waals surface area (Å²) in [5, 5.41) is 2.77. The van der Waals surface area contributed by atoms with Gasteiger partial charge in [-0.15, -0.1) is 0 Å². The molecule has 1 aliphatic rings. The number of ether oxygens (including phenoxy) is 1. The van der Waals surface area contributed by atoms with Crippen LogP contribution in [0, 0.1) is 0 Å². The van der Waals surface area contributed by atoms with E-state index in [0.29, 0.717) is 24.5 Å². The molecule has 3 aromatic carbocycles. The lowest BCUT2D eigenvalue weighted by Crippen LogP contribution is -2.68. The highest BCUT2D eigenvalue weighted by atomic mass is 35.5. The highest BCUT2D eigenvalue weighted by Gasteiger charge is 2.52. The van der Waals surface area contributed by atoms with Crippen molar-refractivity contribution >= 4 is 36.4 Å². The van der Waals surface area contributed by atoms with Crippen LogP contribution in [0.15, 0.2) is 109 Å². The molecule has 1 amide bonds. The number of pyridine rings is 1. The van der Waals surface area contributed by atoms with Gasteiger partial charge in [0.1, 0.15) is 11.8 Å². The first kappa shape index (κ1) is 29.1. The number of carbonyl (C=O) groups excluding carboxylic acids is 1. The van der Waals surface area contributed by atoms with E-state index in [-0.39, 0.29) is 29.9 Å². The zero-order chi connectivity index (χ0) is 28.9. The minimum absolute atomic E-state index is 0.0693. The third-order valence-electron chi connectivity index (χ3n) is 7.89. The highest BCUT2D eigenvalue weighted by molar-refractivity contribution is 6.99. The molecule has 1 aliphatic heterocycles. The second kappa shape index (κ2) is 12.6. The van der Waals surface area contributed by atoms with Crippen molar-refractivity contribution in [3.63, 3.8) is 0 Å². The lowest BCUT2D eigenvalue weighted by molar-refractivity contribution is 0.0311. The molecular weight excluding hydrogens is 548 g/mol. The van der Waals surface area contributed by atoms with Gasteiger partial charge in [0.25, 0.3) is 8.32 Å². The smallest absolute Gasteiger partial charge is 0.410 e. The van der Waals surface area contributed by atoms with Gasteiger partial charge < -0.3 is 14.1 Å². The molecule has 1 saturated heterocycles. The van der Waals surface area contributed by atoms with E-state index in [1.807, 2.05) is 41.3 Å². The third kappa shape index (κ3) is 6.40. The molecule has 7 heteroatoms. The van der Waals surface area contributed by atoms with Gasteiger partial charge in [-0.3, -0.25) is 0 Å². The molecule has 4 aromatic rings. The van der Waals surface area contributed by atoms with Gasteiger partial charge in [0, 0.05) is 18.8 Å². The van der Waals surface area contributed by atoms with Gasteiger partial charge in [-0.1, -0.05) is 129 Å². The summed E-state index contributed by atoms with van der Waals surface area (Å²) in [6.45, 7) is 7.61. The number of benzene rings is 3. The molecule has 1 fully saturated rings. The fourth-order valence-corrected chi connectivity index (χ4v) is 10.7. The zero-order valence-corrected chi connectivity index (χ0v) is 25.6. The van der Waals surface area contributed by atoms with Crippen molar-refractivity contribution in [2.45, 2.75) is 57.4 Å². The maximum absolute atomic E-state index is 13.4. The van der Waals surface area contributed by atoms with Crippen molar-refractivity contribution in [1.82, 2.24) is 9.88 Å². The summed E-state index contributed by atoms with van der Waals surface area (Å²) in [4.78, 5) is 19.6. The minimum Gasteiger partial charge on any atom is -0.445 e. The first-order valence-electron chi connectivity index (χ1n) is 14.2. The van der Waals surface area contributed by atoms with Crippen molar-refractivity contribution in [3.05, 3.63) is 126 Å². The summed E-state index contributed by atoms with van der Waals surface area (Å²) in [5.74, 6) is 0. The average Bonchev–Trinajstić information content (AvgIpc) is 3.00. The average molecular weight is 585 g/mol. The lowest BCUT2D eigenvalue weighted by atomic mass is 9.95. The van der Waals surface area contributed by atoms with Gasteiger partial charge >= 0.3 is 6.09 Å². The molecule has 0 radical (unpaired) electrons. The van der Waals surface area contributed by atoms with E-state index < -0.39 is 8.32 Å². The number of rotatable bonds is 7. The van der Waals surface area contributed by atoms with Crippen LogP contribution in [0.25, 0.3) is 0 Å². The Morgan fingerprint density at radius 3 is 2.02 bits per heavy atom. The Kier molecular flexibility index (Phi) is 8.93. The summed E-state index contributed by atoms with van der Waals surface area (Å²) >= 11 is 6.13. The van der Waals surface area contributed by atoms with Crippen molar-refractivity contribution in [3.8, 4) is 0 Å². The number of piperidine rings is 1. The quantitative estimate of drug-likeness (QED) is 0.171. The van der Waals surface area contributed by atoms with E-state index in [2.05, 4.69) is 86.4 Å². The maximum Gasteiger partial charge on any atom is 0.410 e. The topological polar surface area (TPSA) is 51.7 Å². The van der Waals surface area contributed by atoms with E-state index in [0.717, 1.165) is 11.1 Å². The van der Waals surface area contributed by atoms with Gasteiger partial charge in [-0.25, -0.2) is 9.78 Å². The van der Waals surface area contributed by atoms with Crippen LogP contribution in [-0.2, 0) is 15.8 Å². The number of amides is 1. The van der Waals surface area contributed by atoms with Crippen molar-refractivity contribution in [2.24, 2.45) is 0 Å².